The molecule has 5 heteroatoms. The zero-order chi connectivity index (χ0) is 16.4. The van der Waals surface area contributed by atoms with E-state index in [-0.39, 0.29) is 5.91 Å². The standard InChI is InChI=1S/C18H22ClN3O/c1-3-9-21(12-14-7-8-14)18(23)17-11-20-22(13(17)2)16-6-4-5-15(19)10-16/h4-6,10-11,14H,3,7-9,12H2,1-2H3. The number of rotatable bonds is 6. The predicted molar refractivity (Wildman–Crippen MR) is 92.2 cm³/mol. The fourth-order valence-electron chi connectivity index (χ4n) is 2.82. The average molecular weight is 332 g/mol. The Morgan fingerprint density at radius 1 is 1.43 bits per heavy atom. The topological polar surface area (TPSA) is 38.1 Å². The molecule has 0 aliphatic heterocycles. The summed E-state index contributed by atoms with van der Waals surface area (Å²) in [6.07, 6.45) is 5.14. The van der Waals surface area contributed by atoms with Crippen LogP contribution in [0.15, 0.2) is 30.5 Å². The average Bonchev–Trinajstić information content (AvgIpc) is 3.26. The van der Waals surface area contributed by atoms with E-state index in [2.05, 4.69) is 12.0 Å². The molecule has 0 spiro atoms. The second-order valence-corrected chi connectivity index (χ2v) is 6.67. The van der Waals surface area contributed by atoms with E-state index in [1.54, 1.807) is 10.9 Å². The third kappa shape index (κ3) is 3.58. The van der Waals surface area contributed by atoms with Gasteiger partial charge in [0.2, 0.25) is 0 Å². The van der Waals surface area contributed by atoms with Crippen molar-refractivity contribution in [1.82, 2.24) is 14.7 Å². The first-order chi connectivity index (χ1) is 11.1. The summed E-state index contributed by atoms with van der Waals surface area (Å²) >= 11 is 6.06. The first kappa shape index (κ1) is 16.1. The van der Waals surface area contributed by atoms with Crippen LogP contribution in [0.25, 0.3) is 5.69 Å². The summed E-state index contributed by atoms with van der Waals surface area (Å²) in [5.41, 5.74) is 2.41. The number of benzene rings is 1. The van der Waals surface area contributed by atoms with Crippen LogP contribution in [0, 0.1) is 12.8 Å². The fourth-order valence-corrected chi connectivity index (χ4v) is 3.00. The number of hydrogen-bond donors (Lipinski definition) is 0. The maximum absolute atomic E-state index is 12.9. The van der Waals surface area contributed by atoms with E-state index in [9.17, 15) is 4.79 Å². The van der Waals surface area contributed by atoms with Crippen molar-refractivity contribution in [1.29, 1.82) is 0 Å². The van der Waals surface area contributed by atoms with Gasteiger partial charge in [0.15, 0.2) is 0 Å². The Morgan fingerprint density at radius 3 is 2.87 bits per heavy atom. The van der Waals surface area contributed by atoms with Crippen LogP contribution in [0.3, 0.4) is 0 Å². The van der Waals surface area contributed by atoms with Crippen molar-refractivity contribution >= 4 is 17.5 Å². The molecule has 1 aromatic carbocycles. The molecular weight excluding hydrogens is 310 g/mol. The first-order valence-electron chi connectivity index (χ1n) is 8.20. The van der Waals surface area contributed by atoms with Gasteiger partial charge in [-0.05, 0) is 50.3 Å². The number of carbonyl (C=O) groups excluding carboxylic acids is 1. The molecule has 1 saturated carbocycles. The highest BCUT2D eigenvalue weighted by molar-refractivity contribution is 6.30. The van der Waals surface area contributed by atoms with Crippen LogP contribution in [0.2, 0.25) is 5.02 Å². The molecule has 0 bridgehead atoms. The second kappa shape index (κ2) is 6.75. The summed E-state index contributed by atoms with van der Waals surface area (Å²) < 4.78 is 1.78. The lowest BCUT2D eigenvalue weighted by Crippen LogP contribution is -2.33. The number of halogens is 1. The van der Waals surface area contributed by atoms with Crippen molar-refractivity contribution in [2.75, 3.05) is 13.1 Å². The van der Waals surface area contributed by atoms with Crippen LogP contribution >= 0.6 is 11.6 Å². The maximum Gasteiger partial charge on any atom is 0.257 e. The van der Waals surface area contributed by atoms with Gasteiger partial charge in [0.05, 0.1) is 23.1 Å². The molecule has 0 unspecified atom stereocenters. The van der Waals surface area contributed by atoms with Gasteiger partial charge in [0.1, 0.15) is 0 Å². The third-order valence-corrected chi connectivity index (χ3v) is 4.48. The number of aromatic nitrogens is 2. The summed E-state index contributed by atoms with van der Waals surface area (Å²) in [4.78, 5) is 14.9. The minimum absolute atomic E-state index is 0.0875. The lowest BCUT2D eigenvalue weighted by molar-refractivity contribution is 0.0747. The Labute approximate surface area is 142 Å². The van der Waals surface area contributed by atoms with Crippen LogP contribution in [0.5, 0.6) is 0 Å². The van der Waals surface area contributed by atoms with Crippen LogP contribution < -0.4 is 0 Å². The molecule has 1 fully saturated rings. The quantitative estimate of drug-likeness (QED) is 0.799. The van der Waals surface area contributed by atoms with E-state index in [0.29, 0.717) is 16.5 Å². The normalized spacial score (nSPS) is 14.0. The molecule has 1 amide bonds. The Kier molecular flexibility index (Phi) is 4.71. The molecule has 0 atom stereocenters. The van der Waals surface area contributed by atoms with Gasteiger partial charge in [-0.1, -0.05) is 24.6 Å². The summed E-state index contributed by atoms with van der Waals surface area (Å²) in [7, 11) is 0. The Hall–Kier alpha value is -1.81. The van der Waals surface area contributed by atoms with Crippen molar-refractivity contribution in [3.8, 4) is 5.69 Å². The van der Waals surface area contributed by atoms with Crippen LogP contribution in [-0.4, -0.2) is 33.7 Å². The zero-order valence-corrected chi connectivity index (χ0v) is 14.4. The second-order valence-electron chi connectivity index (χ2n) is 6.23. The molecule has 122 valence electrons. The summed E-state index contributed by atoms with van der Waals surface area (Å²) in [5.74, 6) is 0.776. The van der Waals surface area contributed by atoms with E-state index in [1.165, 1.54) is 12.8 Å². The molecule has 0 saturated heterocycles. The molecular formula is C18H22ClN3O. The zero-order valence-electron chi connectivity index (χ0n) is 13.6. The van der Waals surface area contributed by atoms with Gasteiger partial charge < -0.3 is 4.90 Å². The molecule has 1 aliphatic rings. The molecule has 3 rings (SSSR count). The van der Waals surface area contributed by atoms with E-state index >= 15 is 0 Å². The Balaban J connectivity index is 1.86. The first-order valence-corrected chi connectivity index (χ1v) is 8.57. The molecule has 0 radical (unpaired) electrons. The van der Waals surface area contributed by atoms with Gasteiger partial charge in [-0.25, -0.2) is 4.68 Å². The fraction of sp³-hybridized carbons (Fsp3) is 0.444. The lowest BCUT2D eigenvalue weighted by Gasteiger charge is -2.21. The van der Waals surface area contributed by atoms with E-state index in [0.717, 1.165) is 30.9 Å². The molecule has 0 N–H and O–H groups in total. The summed E-state index contributed by atoms with van der Waals surface area (Å²) in [6, 6.07) is 7.50. The predicted octanol–water partition coefficient (Wildman–Crippen LogP) is 4.10. The number of hydrogen-bond acceptors (Lipinski definition) is 2. The maximum atomic E-state index is 12.9. The Morgan fingerprint density at radius 2 is 2.22 bits per heavy atom. The number of nitrogens with zero attached hydrogens (tertiary/aromatic N) is 3. The van der Waals surface area contributed by atoms with Gasteiger partial charge in [-0.15, -0.1) is 0 Å². The lowest BCUT2D eigenvalue weighted by atomic mass is 10.2. The molecule has 4 nitrogen and oxygen atoms in total. The molecule has 1 aliphatic carbocycles. The van der Waals surface area contributed by atoms with Gasteiger partial charge >= 0.3 is 0 Å². The van der Waals surface area contributed by atoms with Crippen molar-refractivity contribution in [2.45, 2.75) is 33.1 Å². The minimum atomic E-state index is 0.0875. The Bertz CT molecular complexity index is 706. The molecule has 1 heterocycles. The van der Waals surface area contributed by atoms with Crippen LogP contribution in [-0.2, 0) is 0 Å². The van der Waals surface area contributed by atoms with Crippen molar-refractivity contribution in [2.24, 2.45) is 5.92 Å². The monoisotopic (exact) mass is 331 g/mol. The van der Waals surface area contributed by atoms with Gasteiger partial charge in [-0.3, -0.25) is 4.79 Å². The molecule has 23 heavy (non-hydrogen) atoms. The summed E-state index contributed by atoms with van der Waals surface area (Å²) in [5, 5.41) is 5.05. The largest absolute Gasteiger partial charge is 0.338 e. The van der Waals surface area contributed by atoms with E-state index in [1.807, 2.05) is 36.1 Å². The highest BCUT2D eigenvalue weighted by Crippen LogP contribution is 2.30. The van der Waals surface area contributed by atoms with E-state index in [4.69, 9.17) is 11.6 Å². The van der Waals surface area contributed by atoms with Gasteiger partial charge in [0, 0.05) is 18.1 Å². The van der Waals surface area contributed by atoms with Crippen molar-refractivity contribution < 1.29 is 4.79 Å². The number of amides is 1. The third-order valence-electron chi connectivity index (χ3n) is 4.25. The summed E-state index contributed by atoms with van der Waals surface area (Å²) in [6.45, 7) is 5.71. The highest BCUT2D eigenvalue weighted by atomic mass is 35.5. The van der Waals surface area contributed by atoms with Crippen molar-refractivity contribution in [3.63, 3.8) is 0 Å². The molecule has 1 aromatic heterocycles. The number of carbonyl (C=O) groups is 1. The highest BCUT2D eigenvalue weighted by Gasteiger charge is 2.28. The minimum Gasteiger partial charge on any atom is -0.338 e. The SMILES string of the molecule is CCCN(CC1CC1)C(=O)c1cnn(-c2cccc(Cl)c2)c1C. The van der Waals surface area contributed by atoms with E-state index < -0.39 is 0 Å². The smallest absolute Gasteiger partial charge is 0.257 e. The van der Waals surface area contributed by atoms with Crippen molar-refractivity contribution in [3.05, 3.63) is 46.7 Å². The van der Waals surface area contributed by atoms with Gasteiger partial charge in [-0.2, -0.15) is 5.10 Å². The van der Waals surface area contributed by atoms with Crippen LogP contribution in [0.1, 0.15) is 42.2 Å². The van der Waals surface area contributed by atoms with Gasteiger partial charge in [0.25, 0.3) is 5.91 Å². The van der Waals surface area contributed by atoms with Crippen LogP contribution in [0.4, 0.5) is 0 Å². The molecule has 2 aromatic rings.